The predicted molar refractivity (Wildman–Crippen MR) is 85.1 cm³/mol. The zero-order chi connectivity index (χ0) is 14.7. The molecule has 1 unspecified atom stereocenters. The first kappa shape index (κ1) is 14.8. The van der Waals surface area contributed by atoms with Gasteiger partial charge in [-0.1, -0.05) is 34.7 Å². The molecule has 21 heavy (non-hydrogen) atoms. The lowest BCUT2D eigenvalue weighted by Crippen LogP contribution is -2.24. The van der Waals surface area contributed by atoms with Crippen molar-refractivity contribution in [3.63, 3.8) is 0 Å². The number of carbonyl (C=O) groups is 1. The van der Waals surface area contributed by atoms with Crippen LogP contribution in [0.4, 0.5) is 5.69 Å². The summed E-state index contributed by atoms with van der Waals surface area (Å²) in [5.74, 6) is 0.0832. The SMILES string of the molecule is O=C(Nc1ccc(Sc2nncs2)c(Cl)c1)C1CCNC1. The maximum Gasteiger partial charge on any atom is 0.228 e. The summed E-state index contributed by atoms with van der Waals surface area (Å²) >= 11 is 9.19. The molecule has 2 N–H and O–H groups in total. The van der Waals surface area contributed by atoms with Crippen LogP contribution >= 0.6 is 34.7 Å². The van der Waals surface area contributed by atoms with E-state index in [4.69, 9.17) is 11.6 Å². The Morgan fingerprint density at radius 3 is 3.10 bits per heavy atom. The van der Waals surface area contributed by atoms with Crippen molar-refractivity contribution in [2.75, 3.05) is 18.4 Å². The van der Waals surface area contributed by atoms with E-state index in [-0.39, 0.29) is 11.8 Å². The topological polar surface area (TPSA) is 66.9 Å². The van der Waals surface area contributed by atoms with Crippen molar-refractivity contribution < 1.29 is 4.79 Å². The highest BCUT2D eigenvalue weighted by molar-refractivity contribution is 8.01. The molecule has 2 aromatic rings. The molecule has 1 saturated heterocycles. The maximum absolute atomic E-state index is 12.1. The predicted octanol–water partition coefficient (Wildman–Crippen LogP) is 2.89. The third kappa shape index (κ3) is 3.74. The van der Waals surface area contributed by atoms with Crippen molar-refractivity contribution >= 4 is 46.3 Å². The lowest BCUT2D eigenvalue weighted by Gasteiger charge is -2.11. The molecule has 0 bridgehead atoms. The molecule has 1 aromatic heterocycles. The average molecular weight is 341 g/mol. The summed E-state index contributed by atoms with van der Waals surface area (Å²) < 4.78 is 0.839. The quantitative estimate of drug-likeness (QED) is 0.895. The maximum atomic E-state index is 12.1. The van der Waals surface area contributed by atoms with Crippen LogP contribution in [0.2, 0.25) is 5.02 Å². The van der Waals surface area contributed by atoms with E-state index in [1.54, 1.807) is 11.6 Å². The fraction of sp³-hybridized carbons (Fsp3) is 0.308. The lowest BCUT2D eigenvalue weighted by atomic mass is 10.1. The van der Waals surface area contributed by atoms with Gasteiger partial charge in [-0.25, -0.2) is 0 Å². The summed E-state index contributed by atoms with van der Waals surface area (Å²) in [4.78, 5) is 12.9. The van der Waals surface area contributed by atoms with Gasteiger partial charge in [0.1, 0.15) is 5.51 Å². The molecule has 1 fully saturated rings. The molecule has 1 aliphatic rings. The molecule has 0 saturated carbocycles. The number of hydrogen-bond donors (Lipinski definition) is 2. The van der Waals surface area contributed by atoms with Crippen LogP contribution in [0.5, 0.6) is 0 Å². The molecule has 1 aromatic carbocycles. The Hall–Kier alpha value is -1.15. The van der Waals surface area contributed by atoms with Crippen LogP contribution < -0.4 is 10.6 Å². The zero-order valence-electron chi connectivity index (χ0n) is 11.0. The van der Waals surface area contributed by atoms with Gasteiger partial charge in [0, 0.05) is 17.1 Å². The van der Waals surface area contributed by atoms with Gasteiger partial charge < -0.3 is 10.6 Å². The molecule has 1 aliphatic heterocycles. The third-order valence-corrected chi connectivity index (χ3v) is 5.45. The number of halogens is 1. The highest BCUT2D eigenvalue weighted by atomic mass is 35.5. The van der Waals surface area contributed by atoms with Crippen molar-refractivity contribution in [1.82, 2.24) is 15.5 Å². The highest BCUT2D eigenvalue weighted by Gasteiger charge is 2.22. The number of benzene rings is 1. The zero-order valence-corrected chi connectivity index (χ0v) is 13.4. The van der Waals surface area contributed by atoms with Gasteiger partial charge in [0.15, 0.2) is 4.34 Å². The first-order valence-electron chi connectivity index (χ1n) is 6.47. The van der Waals surface area contributed by atoms with E-state index >= 15 is 0 Å². The van der Waals surface area contributed by atoms with Crippen molar-refractivity contribution in [1.29, 1.82) is 0 Å². The van der Waals surface area contributed by atoms with Gasteiger partial charge in [0.25, 0.3) is 0 Å². The Kier molecular flexibility index (Phi) is 4.74. The van der Waals surface area contributed by atoms with Gasteiger partial charge in [-0.05, 0) is 31.2 Å². The molecular weight excluding hydrogens is 328 g/mol. The summed E-state index contributed by atoms with van der Waals surface area (Å²) in [5.41, 5.74) is 2.40. The minimum atomic E-state index is 0.0409. The molecule has 0 spiro atoms. The largest absolute Gasteiger partial charge is 0.326 e. The van der Waals surface area contributed by atoms with Crippen LogP contribution in [0.15, 0.2) is 32.9 Å². The smallest absolute Gasteiger partial charge is 0.228 e. The fourth-order valence-electron chi connectivity index (χ4n) is 2.09. The number of nitrogens with one attached hydrogen (secondary N) is 2. The minimum Gasteiger partial charge on any atom is -0.326 e. The van der Waals surface area contributed by atoms with Crippen LogP contribution in [-0.4, -0.2) is 29.2 Å². The molecule has 0 radical (unpaired) electrons. The fourth-order valence-corrected chi connectivity index (χ4v) is 3.82. The standard InChI is InChI=1S/C13H13ClN4OS2/c14-10-5-9(17-12(19)8-3-4-15-6-8)1-2-11(10)21-13-18-16-7-20-13/h1-2,5,7-8,15H,3-4,6H2,(H,17,19). The molecule has 110 valence electrons. The minimum absolute atomic E-state index is 0.0409. The highest BCUT2D eigenvalue weighted by Crippen LogP contribution is 2.35. The Morgan fingerprint density at radius 1 is 1.52 bits per heavy atom. The van der Waals surface area contributed by atoms with E-state index in [0.717, 1.165) is 34.4 Å². The number of aromatic nitrogens is 2. The first-order chi connectivity index (χ1) is 10.2. The molecular formula is C13H13ClN4OS2. The Labute approximate surface area is 135 Å². The molecule has 1 atom stereocenters. The second-order valence-electron chi connectivity index (χ2n) is 4.63. The monoisotopic (exact) mass is 340 g/mol. The average Bonchev–Trinajstić information content (AvgIpc) is 3.14. The van der Waals surface area contributed by atoms with Crippen molar-refractivity contribution in [2.24, 2.45) is 5.92 Å². The summed E-state index contributed by atoms with van der Waals surface area (Å²) in [6, 6.07) is 5.51. The van der Waals surface area contributed by atoms with E-state index < -0.39 is 0 Å². The number of amides is 1. The molecule has 5 nitrogen and oxygen atoms in total. The van der Waals surface area contributed by atoms with Gasteiger partial charge in [0.05, 0.1) is 10.9 Å². The van der Waals surface area contributed by atoms with Crippen LogP contribution in [0.25, 0.3) is 0 Å². The van der Waals surface area contributed by atoms with Gasteiger partial charge in [-0.3, -0.25) is 4.79 Å². The number of rotatable bonds is 4. The normalized spacial score (nSPS) is 17.9. The molecule has 2 heterocycles. The number of anilines is 1. The Balaban J connectivity index is 1.67. The molecule has 3 rings (SSSR count). The van der Waals surface area contributed by atoms with E-state index in [0.29, 0.717) is 5.02 Å². The summed E-state index contributed by atoms with van der Waals surface area (Å²) in [7, 11) is 0. The number of carbonyl (C=O) groups excluding carboxylic acids is 1. The van der Waals surface area contributed by atoms with Gasteiger partial charge >= 0.3 is 0 Å². The third-order valence-electron chi connectivity index (χ3n) is 3.17. The van der Waals surface area contributed by atoms with Crippen LogP contribution in [-0.2, 0) is 4.79 Å². The molecule has 8 heteroatoms. The Morgan fingerprint density at radius 2 is 2.43 bits per heavy atom. The van der Waals surface area contributed by atoms with Crippen molar-refractivity contribution in [3.05, 3.63) is 28.7 Å². The van der Waals surface area contributed by atoms with E-state index in [1.807, 2.05) is 12.1 Å². The Bertz CT molecular complexity index is 629. The summed E-state index contributed by atoms with van der Waals surface area (Å²) in [6.07, 6.45) is 0.880. The van der Waals surface area contributed by atoms with Crippen molar-refractivity contribution in [2.45, 2.75) is 15.7 Å². The molecule has 1 amide bonds. The second kappa shape index (κ2) is 6.74. The van der Waals surface area contributed by atoms with Gasteiger partial charge in [0.2, 0.25) is 5.91 Å². The summed E-state index contributed by atoms with van der Waals surface area (Å²) in [6.45, 7) is 1.64. The van der Waals surface area contributed by atoms with E-state index in [2.05, 4.69) is 20.8 Å². The number of nitrogens with zero attached hydrogens (tertiary/aromatic N) is 2. The first-order valence-corrected chi connectivity index (χ1v) is 8.55. The van der Waals surface area contributed by atoms with Gasteiger partial charge in [-0.15, -0.1) is 10.2 Å². The lowest BCUT2D eigenvalue weighted by molar-refractivity contribution is -0.119. The molecule has 0 aliphatic carbocycles. The van der Waals surface area contributed by atoms with Crippen molar-refractivity contribution in [3.8, 4) is 0 Å². The van der Waals surface area contributed by atoms with E-state index in [1.165, 1.54) is 23.1 Å². The van der Waals surface area contributed by atoms with Crippen LogP contribution in [0.3, 0.4) is 0 Å². The second-order valence-corrected chi connectivity index (χ2v) is 7.16. The van der Waals surface area contributed by atoms with Gasteiger partial charge in [-0.2, -0.15) is 0 Å². The summed E-state index contributed by atoms with van der Waals surface area (Å²) in [5, 5.41) is 14.5. The van der Waals surface area contributed by atoms with Crippen LogP contribution in [0, 0.1) is 5.92 Å². The van der Waals surface area contributed by atoms with Crippen LogP contribution in [0.1, 0.15) is 6.42 Å². The number of hydrogen-bond acceptors (Lipinski definition) is 6. The van der Waals surface area contributed by atoms with E-state index in [9.17, 15) is 4.79 Å².